The van der Waals surface area contributed by atoms with Crippen LogP contribution in [0.1, 0.15) is 24.0 Å². The van der Waals surface area contributed by atoms with Crippen LogP contribution < -0.4 is 33.6 Å². The number of nitro groups is 1. The predicted octanol–water partition coefficient (Wildman–Crippen LogP) is -1.62. The summed E-state index contributed by atoms with van der Waals surface area (Å²) >= 11 is 0. The molecule has 0 aromatic heterocycles. The fourth-order valence-electron chi connectivity index (χ4n) is 4.02. The third-order valence-corrected chi connectivity index (χ3v) is 6.49. The lowest BCUT2D eigenvalue weighted by Gasteiger charge is -2.26. The summed E-state index contributed by atoms with van der Waals surface area (Å²) in [5.41, 5.74) is 23.3. The van der Waals surface area contributed by atoms with E-state index in [0.717, 1.165) is 4.90 Å². The molecule has 4 amide bonds. The number of amides is 4. The highest BCUT2D eigenvalue weighted by molar-refractivity contribution is 5.93. The van der Waals surface area contributed by atoms with Gasteiger partial charge in [0, 0.05) is 32.1 Å². The predicted molar refractivity (Wildman–Crippen MR) is 157 cm³/mol. The summed E-state index contributed by atoms with van der Waals surface area (Å²) in [6.45, 7) is -0.328. The van der Waals surface area contributed by atoms with Gasteiger partial charge in [0.15, 0.2) is 5.96 Å². The highest BCUT2D eigenvalue weighted by Crippen LogP contribution is 2.15. The molecule has 2 rings (SSSR count). The van der Waals surface area contributed by atoms with Crippen molar-refractivity contribution in [2.24, 2.45) is 27.9 Å². The van der Waals surface area contributed by atoms with Crippen molar-refractivity contribution in [1.82, 2.24) is 15.5 Å². The molecule has 3 atom stereocenters. The molecule has 0 radical (unpaired) electrons. The number of phenols is 1. The molecule has 0 unspecified atom stereocenters. The molecular weight excluding hydrogens is 562 g/mol. The number of nitrogens with one attached hydrogen (secondary N) is 2. The lowest BCUT2D eigenvalue weighted by molar-refractivity contribution is -0.384. The van der Waals surface area contributed by atoms with E-state index in [2.05, 4.69) is 15.6 Å². The number of nitrogens with zero attached hydrogens (tertiary/aromatic N) is 3. The number of likely N-dealkylation sites (N-methyl/N-ethyl adjacent to an activating group) is 1. The molecule has 11 N–H and O–H groups in total. The van der Waals surface area contributed by atoms with Gasteiger partial charge in [0.25, 0.3) is 5.69 Å². The lowest BCUT2D eigenvalue weighted by Crippen LogP contribution is -2.54. The van der Waals surface area contributed by atoms with E-state index in [1.807, 2.05) is 0 Å². The molecule has 2 aromatic rings. The van der Waals surface area contributed by atoms with E-state index in [1.165, 1.54) is 43.4 Å². The fraction of sp³-hybridized carbons (Fsp3) is 0.370. The number of nitrogens with two attached hydrogens (primary N) is 4. The van der Waals surface area contributed by atoms with Crippen LogP contribution in [0.2, 0.25) is 0 Å². The van der Waals surface area contributed by atoms with Gasteiger partial charge in [-0.1, -0.05) is 24.3 Å². The lowest BCUT2D eigenvalue weighted by atomic mass is 10.0. The summed E-state index contributed by atoms with van der Waals surface area (Å²) in [7, 11) is 1.34. The summed E-state index contributed by atoms with van der Waals surface area (Å²) in [6, 6.07) is 8.41. The van der Waals surface area contributed by atoms with E-state index in [1.54, 1.807) is 12.1 Å². The Hall–Kier alpha value is -5.25. The van der Waals surface area contributed by atoms with Gasteiger partial charge < -0.3 is 43.6 Å². The van der Waals surface area contributed by atoms with Crippen LogP contribution in [0.25, 0.3) is 0 Å². The molecule has 2 aromatic carbocycles. The van der Waals surface area contributed by atoms with E-state index in [4.69, 9.17) is 22.9 Å². The molecule has 0 spiro atoms. The maximum Gasteiger partial charge on any atom is 0.269 e. The van der Waals surface area contributed by atoms with Gasteiger partial charge in [-0.2, -0.15) is 0 Å². The number of carbonyl (C=O) groups excluding carboxylic acids is 4. The van der Waals surface area contributed by atoms with Crippen molar-refractivity contribution in [2.45, 2.75) is 43.8 Å². The third-order valence-electron chi connectivity index (χ3n) is 6.49. The van der Waals surface area contributed by atoms with E-state index >= 15 is 0 Å². The first-order valence-corrected chi connectivity index (χ1v) is 13.2. The summed E-state index contributed by atoms with van der Waals surface area (Å²) in [4.78, 5) is 66.1. The third kappa shape index (κ3) is 11.3. The number of non-ortho nitro benzene ring substituents is 1. The second-order valence-corrected chi connectivity index (χ2v) is 9.76. The molecule has 16 heteroatoms. The van der Waals surface area contributed by atoms with E-state index in [-0.39, 0.29) is 43.2 Å². The second-order valence-electron chi connectivity index (χ2n) is 9.76. The highest BCUT2D eigenvalue weighted by Gasteiger charge is 2.28. The number of aromatic hydroxyl groups is 1. The Labute approximate surface area is 247 Å². The molecule has 0 aliphatic rings. The molecule has 0 saturated heterocycles. The maximum atomic E-state index is 13.0. The first kappa shape index (κ1) is 34.0. The zero-order valence-electron chi connectivity index (χ0n) is 23.6. The van der Waals surface area contributed by atoms with Gasteiger partial charge >= 0.3 is 0 Å². The van der Waals surface area contributed by atoms with Crippen LogP contribution in [-0.2, 0) is 32.0 Å². The smallest absolute Gasteiger partial charge is 0.269 e. The number of aliphatic imine (C=N–C) groups is 1. The molecule has 0 aliphatic heterocycles. The van der Waals surface area contributed by atoms with Gasteiger partial charge in [-0.15, -0.1) is 0 Å². The number of phenolic OH excluding ortho intramolecular Hbond substituents is 1. The normalized spacial score (nSPS) is 12.7. The van der Waals surface area contributed by atoms with Gasteiger partial charge in [-0.3, -0.25) is 34.3 Å². The quantitative estimate of drug-likeness (QED) is 0.0380. The molecule has 232 valence electrons. The Kier molecular flexibility index (Phi) is 12.8. The number of carbonyl (C=O) groups is 4. The summed E-state index contributed by atoms with van der Waals surface area (Å²) in [5, 5.41) is 25.4. The van der Waals surface area contributed by atoms with Crippen LogP contribution in [-0.4, -0.2) is 82.8 Å². The Bertz CT molecular complexity index is 1310. The zero-order chi connectivity index (χ0) is 32.1. The van der Waals surface area contributed by atoms with Gasteiger partial charge in [-0.05, 0) is 42.5 Å². The fourth-order valence-corrected chi connectivity index (χ4v) is 4.02. The zero-order valence-corrected chi connectivity index (χ0v) is 23.6. The second kappa shape index (κ2) is 16.3. The molecular formula is C27H37N9O7. The number of rotatable bonds is 16. The van der Waals surface area contributed by atoms with Crippen LogP contribution in [0, 0.1) is 10.1 Å². The SMILES string of the molecule is CN(C(=O)CNC(=O)[C@@H](CCCN=C(N)N)NC(=O)[C@@H](N)Cc1ccc(O)cc1)[C@H](Cc1ccc([N+](=O)[O-])cc1)C(N)=O. The van der Waals surface area contributed by atoms with Gasteiger partial charge in [0.1, 0.15) is 17.8 Å². The highest BCUT2D eigenvalue weighted by atomic mass is 16.6. The van der Waals surface area contributed by atoms with Crippen LogP contribution in [0.5, 0.6) is 5.75 Å². The standard InChI is InChI=1S/C27H37N9O7/c1-35(22(24(29)39)14-17-4-8-18(9-5-17)36(42)43)23(38)15-33-26(41)21(3-2-12-32-27(30)31)34-25(40)20(28)13-16-6-10-19(37)11-7-16/h4-11,20-22,37H,2-3,12-15,28H2,1H3,(H2,29,39)(H,33,41)(H,34,40)(H4,30,31,32)/t20-,21+,22+/m0/s1. The first-order chi connectivity index (χ1) is 20.3. The first-order valence-electron chi connectivity index (χ1n) is 13.2. The average molecular weight is 600 g/mol. The number of guanidine groups is 1. The van der Waals surface area contributed by atoms with Crippen LogP contribution >= 0.6 is 0 Å². The molecule has 43 heavy (non-hydrogen) atoms. The van der Waals surface area contributed by atoms with Crippen molar-refractivity contribution in [1.29, 1.82) is 0 Å². The number of hydrogen-bond donors (Lipinski definition) is 7. The van der Waals surface area contributed by atoms with Crippen molar-refractivity contribution in [2.75, 3.05) is 20.1 Å². The monoisotopic (exact) mass is 599 g/mol. The van der Waals surface area contributed by atoms with Crippen LogP contribution in [0.4, 0.5) is 5.69 Å². The van der Waals surface area contributed by atoms with E-state index in [0.29, 0.717) is 17.5 Å². The molecule has 16 nitrogen and oxygen atoms in total. The maximum absolute atomic E-state index is 13.0. The average Bonchev–Trinajstić information content (AvgIpc) is 2.96. The number of primary amides is 1. The van der Waals surface area contributed by atoms with E-state index < -0.39 is 53.2 Å². The minimum absolute atomic E-state index is 0.00803. The van der Waals surface area contributed by atoms with Crippen molar-refractivity contribution >= 4 is 35.3 Å². The van der Waals surface area contributed by atoms with Gasteiger partial charge in [0.05, 0.1) is 17.5 Å². The Morgan fingerprint density at radius 1 is 0.977 bits per heavy atom. The molecule has 0 bridgehead atoms. The van der Waals surface area contributed by atoms with Gasteiger partial charge in [-0.25, -0.2) is 0 Å². The van der Waals surface area contributed by atoms with Crippen molar-refractivity contribution in [3.8, 4) is 5.75 Å². The van der Waals surface area contributed by atoms with Gasteiger partial charge in [0.2, 0.25) is 23.6 Å². The number of nitro benzene ring substituents is 1. The molecule has 0 saturated carbocycles. The van der Waals surface area contributed by atoms with Crippen LogP contribution in [0.15, 0.2) is 53.5 Å². The minimum atomic E-state index is -1.10. The largest absolute Gasteiger partial charge is 0.508 e. The van der Waals surface area contributed by atoms with E-state index in [9.17, 15) is 34.4 Å². The van der Waals surface area contributed by atoms with Crippen molar-refractivity contribution < 1.29 is 29.2 Å². The van der Waals surface area contributed by atoms with Crippen molar-refractivity contribution in [3.05, 3.63) is 69.8 Å². The summed E-state index contributed by atoms with van der Waals surface area (Å²) in [5.74, 6) is -2.82. The van der Waals surface area contributed by atoms with Crippen molar-refractivity contribution in [3.63, 3.8) is 0 Å². The number of benzene rings is 2. The molecule has 0 fully saturated rings. The minimum Gasteiger partial charge on any atom is -0.508 e. The van der Waals surface area contributed by atoms with Crippen LogP contribution in [0.3, 0.4) is 0 Å². The Morgan fingerprint density at radius 2 is 1.56 bits per heavy atom. The number of hydrogen-bond acceptors (Lipinski definition) is 9. The Morgan fingerprint density at radius 3 is 2.12 bits per heavy atom. The topological polar surface area (TPSA) is 275 Å². The Balaban J connectivity index is 2.04. The summed E-state index contributed by atoms with van der Waals surface area (Å²) in [6.07, 6.45) is 0.567. The summed E-state index contributed by atoms with van der Waals surface area (Å²) < 4.78 is 0. The molecule has 0 aliphatic carbocycles. The molecule has 0 heterocycles.